The Labute approximate surface area is 337 Å². The molecule has 2 nitrogen and oxygen atoms in total. The van der Waals surface area contributed by atoms with Gasteiger partial charge in [-0.2, -0.15) is 0 Å². The van der Waals surface area contributed by atoms with Crippen LogP contribution in [0.15, 0.2) is 229 Å². The minimum absolute atomic E-state index is 0.895. The monoisotopic (exact) mass is 739 g/mol. The van der Waals surface area contributed by atoms with Gasteiger partial charge in [0.25, 0.3) is 0 Å². The quantitative estimate of drug-likeness (QED) is 0.162. The first-order valence-corrected chi connectivity index (χ1v) is 19.8. The Kier molecular flexibility index (Phi) is 8.19. The van der Waals surface area contributed by atoms with Crippen LogP contribution < -0.4 is 4.90 Å². The molecule has 0 bridgehead atoms. The van der Waals surface area contributed by atoms with Crippen LogP contribution in [-0.4, -0.2) is 0 Å². The maximum atomic E-state index is 6.55. The Morgan fingerprint density at radius 3 is 1.79 bits per heavy atom. The van der Waals surface area contributed by atoms with Crippen molar-refractivity contribution in [2.75, 3.05) is 4.90 Å². The van der Waals surface area contributed by atoms with Gasteiger partial charge in [0.05, 0.1) is 5.69 Å². The Balaban J connectivity index is 1.13. The van der Waals surface area contributed by atoms with Crippen LogP contribution in [-0.2, 0) is 0 Å². The Morgan fingerprint density at radius 2 is 0.914 bits per heavy atom. The second-order valence-corrected chi connectivity index (χ2v) is 14.9. The highest BCUT2D eigenvalue weighted by molar-refractivity contribution is 6.10. The summed E-state index contributed by atoms with van der Waals surface area (Å²) in [5.74, 6) is 0. The summed E-state index contributed by atoms with van der Waals surface area (Å²) < 4.78 is 6.55. The third kappa shape index (κ3) is 5.91. The lowest BCUT2D eigenvalue weighted by Crippen LogP contribution is -2.11. The molecule has 11 rings (SSSR count). The van der Waals surface area contributed by atoms with Gasteiger partial charge in [-0.25, -0.2) is 0 Å². The second-order valence-electron chi connectivity index (χ2n) is 14.9. The van der Waals surface area contributed by atoms with E-state index in [1.165, 1.54) is 38.2 Å². The van der Waals surface area contributed by atoms with Gasteiger partial charge in [0.1, 0.15) is 11.2 Å². The zero-order valence-corrected chi connectivity index (χ0v) is 31.7. The number of para-hydroxylation sites is 2. The summed E-state index contributed by atoms with van der Waals surface area (Å²) in [5, 5.41) is 7.18. The fraction of sp³-hybridized carbons (Fsp3) is 0. The molecule has 58 heavy (non-hydrogen) atoms. The first-order chi connectivity index (χ1) is 28.7. The largest absolute Gasteiger partial charge is 0.455 e. The minimum Gasteiger partial charge on any atom is -0.455 e. The first kappa shape index (κ1) is 33.6. The zero-order chi connectivity index (χ0) is 38.4. The van der Waals surface area contributed by atoms with Crippen molar-refractivity contribution in [3.05, 3.63) is 224 Å². The van der Waals surface area contributed by atoms with Gasteiger partial charge in [-0.3, -0.25) is 0 Å². The van der Waals surface area contributed by atoms with E-state index in [1.54, 1.807) is 0 Å². The highest BCUT2D eigenvalue weighted by Crippen LogP contribution is 2.45. The van der Waals surface area contributed by atoms with Gasteiger partial charge in [-0.1, -0.05) is 182 Å². The fourth-order valence-electron chi connectivity index (χ4n) is 8.61. The molecule has 0 aliphatic heterocycles. The Hall–Kier alpha value is -7.68. The summed E-state index contributed by atoms with van der Waals surface area (Å²) >= 11 is 0. The van der Waals surface area contributed by atoms with Crippen LogP contribution in [0, 0.1) is 0 Å². The van der Waals surface area contributed by atoms with Gasteiger partial charge < -0.3 is 9.32 Å². The van der Waals surface area contributed by atoms with Gasteiger partial charge in [-0.05, 0) is 97.4 Å². The van der Waals surface area contributed by atoms with Crippen LogP contribution in [0.2, 0.25) is 0 Å². The SMILES string of the molecule is c1ccc(-c2ccc(-c3cccc4ccccc34)cc2N(c2ccc(-c3ccc4ccccc4c3)cc2)c2cccc(-c3cccc4c3oc3ccccc34)c2)cc1. The topological polar surface area (TPSA) is 16.4 Å². The fourth-order valence-corrected chi connectivity index (χ4v) is 8.61. The molecule has 0 saturated carbocycles. The second kappa shape index (κ2) is 14.1. The van der Waals surface area contributed by atoms with E-state index in [0.717, 1.165) is 66.8 Å². The molecule has 1 heterocycles. The van der Waals surface area contributed by atoms with Gasteiger partial charge in [-0.15, -0.1) is 0 Å². The van der Waals surface area contributed by atoms with Gasteiger partial charge >= 0.3 is 0 Å². The van der Waals surface area contributed by atoms with Crippen molar-refractivity contribution >= 4 is 60.5 Å². The van der Waals surface area contributed by atoms with E-state index >= 15 is 0 Å². The number of benzene rings is 10. The average Bonchev–Trinajstić information content (AvgIpc) is 3.68. The molecule has 0 atom stereocenters. The molecule has 272 valence electrons. The van der Waals surface area contributed by atoms with Crippen LogP contribution >= 0.6 is 0 Å². The van der Waals surface area contributed by atoms with Crippen molar-refractivity contribution < 1.29 is 4.42 Å². The van der Waals surface area contributed by atoms with E-state index < -0.39 is 0 Å². The van der Waals surface area contributed by atoms with E-state index in [9.17, 15) is 0 Å². The average molecular weight is 740 g/mol. The lowest BCUT2D eigenvalue weighted by molar-refractivity contribution is 0.670. The molecular weight excluding hydrogens is 703 g/mol. The molecule has 0 amide bonds. The molecule has 1 aromatic heterocycles. The third-order valence-electron chi connectivity index (χ3n) is 11.5. The molecule has 10 aromatic carbocycles. The minimum atomic E-state index is 0.895. The number of hydrogen-bond acceptors (Lipinski definition) is 2. The molecule has 0 spiro atoms. The van der Waals surface area contributed by atoms with Crippen LogP contribution in [0.5, 0.6) is 0 Å². The summed E-state index contributed by atoms with van der Waals surface area (Å²) in [5.41, 5.74) is 14.2. The van der Waals surface area contributed by atoms with E-state index in [1.807, 2.05) is 12.1 Å². The van der Waals surface area contributed by atoms with Gasteiger partial charge in [0, 0.05) is 33.3 Å². The van der Waals surface area contributed by atoms with Crippen LogP contribution in [0.3, 0.4) is 0 Å². The maximum absolute atomic E-state index is 6.55. The maximum Gasteiger partial charge on any atom is 0.143 e. The van der Waals surface area contributed by atoms with Crippen LogP contribution in [0.1, 0.15) is 0 Å². The number of fused-ring (bicyclic) bond motifs is 5. The van der Waals surface area contributed by atoms with Gasteiger partial charge in [0.2, 0.25) is 0 Å². The first-order valence-electron chi connectivity index (χ1n) is 19.8. The lowest BCUT2D eigenvalue weighted by Gasteiger charge is -2.29. The number of anilines is 3. The molecule has 2 heteroatoms. The number of furan rings is 1. The molecular formula is C56H37NO. The molecule has 0 aliphatic rings. The molecule has 0 radical (unpaired) electrons. The van der Waals surface area contributed by atoms with Crippen molar-refractivity contribution in [2.24, 2.45) is 0 Å². The normalized spacial score (nSPS) is 11.4. The number of nitrogens with zero attached hydrogens (tertiary/aromatic N) is 1. The van der Waals surface area contributed by atoms with Crippen molar-refractivity contribution in [3.63, 3.8) is 0 Å². The van der Waals surface area contributed by atoms with Crippen LogP contribution in [0.25, 0.3) is 88.0 Å². The van der Waals surface area contributed by atoms with Crippen molar-refractivity contribution in [1.82, 2.24) is 0 Å². The summed E-state index contributed by atoms with van der Waals surface area (Å²) in [7, 11) is 0. The van der Waals surface area contributed by atoms with Crippen molar-refractivity contribution in [3.8, 4) is 44.5 Å². The lowest BCUT2D eigenvalue weighted by atomic mass is 9.93. The molecule has 11 aromatic rings. The molecule has 0 fully saturated rings. The zero-order valence-electron chi connectivity index (χ0n) is 31.7. The highest BCUT2D eigenvalue weighted by Gasteiger charge is 2.21. The van der Waals surface area contributed by atoms with E-state index in [0.29, 0.717) is 0 Å². The summed E-state index contributed by atoms with van der Waals surface area (Å²) in [6.45, 7) is 0. The Bertz CT molecular complexity index is 3280. The highest BCUT2D eigenvalue weighted by atomic mass is 16.3. The predicted octanol–water partition coefficient (Wildman–Crippen LogP) is 16.0. The third-order valence-corrected chi connectivity index (χ3v) is 11.5. The molecule has 0 N–H and O–H groups in total. The van der Waals surface area contributed by atoms with E-state index in [-0.39, 0.29) is 0 Å². The molecule has 0 aliphatic carbocycles. The Morgan fingerprint density at radius 1 is 0.293 bits per heavy atom. The number of rotatable bonds is 7. The standard InChI is InChI=1S/C56H37NO/c1-2-14-41(15-3-1)50-34-31-45(49-23-11-18-40-16-6-7-21-48(40)49)37-54(50)57(46-32-29-39(30-33-46)43-28-27-38-13-4-5-17-42(38)35-43)47-20-10-19-44(36-47)51-24-12-25-53-52-22-8-9-26-55(52)58-56(51)53/h1-37H. The van der Waals surface area contributed by atoms with E-state index in [4.69, 9.17) is 4.42 Å². The summed E-state index contributed by atoms with van der Waals surface area (Å²) in [4.78, 5) is 2.42. The predicted molar refractivity (Wildman–Crippen MR) is 245 cm³/mol. The van der Waals surface area contributed by atoms with Crippen molar-refractivity contribution in [1.29, 1.82) is 0 Å². The van der Waals surface area contributed by atoms with Crippen LogP contribution in [0.4, 0.5) is 17.1 Å². The summed E-state index contributed by atoms with van der Waals surface area (Å²) in [6.07, 6.45) is 0. The molecule has 0 saturated heterocycles. The molecule has 0 unspecified atom stereocenters. The number of hydrogen-bond donors (Lipinski definition) is 0. The summed E-state index contributed by atoms with van der Waals surface area (Å²) in [6, 6.07) is 80.8. The van der Waals surface area contributed by atoms with E-state index in [2.05, 4.69) is 217 Å². The van der Waals surface area contributed by atoms with Crippen molar-refractivity contribution in [2.45, 2.75) is 0 Å². The smallest absolute Gasteiger partial charge is 0.143 e. The van der Waals surface area contributed by atoms with Gasteiger partial charge in [0.15, 0.2) is 0 Å².